The van der Waals surface area contributed by atoms with E-state index in [1.165, 1.54) is 38.6 Å². The van der Waals surface area contributed by atoms with Crippen LogP contribution in [0.3, 0.4) is 0 Å². The first kappa shape index (κ1) is 31.3. The first-order valence-electron chi connectivity index (χ1n) is 17.0. The third-order valence-electron chi connectivity index (χ3n) is 9.86. The van der Waals surface area contributed by atoms with Crippen molar-refractivity contribution in [3.8, 4) is 0 Å². The molecule has 6 aromatic rings. The van der Waals surface area contributed by atoms with Crippen LogP contribution in [0.25, 0.3) is 38.3 Å². The van der Waals surface area contributed by atoms with E-state index >= 15 is 0 Å². The van der Waals surface area contributed by atoms with Crippen molar-refractivity contribution in [3.05, 3.63) is 174 Å². The quantitative estimate of drug-likeness (QED) is 0.149. The molecular formula is C46H43NO. The van der Waals surface area contributed by atoms with E-state index in [4.69, 9.17) is 4.42 Å². The van der Waals surface area contributed by atoms with Crippen LogP contribution in [-0.2, 0) is 11.8 Å². The van der Waals surface area contributed by atoms with Crippen LogP contribution in [0, 0.1) is 6.92 Å². The minimum absolute atomic E-state index is 0.251. The molecule has 0 spiro atoms. The number of benzene rings is 5. The summed E-state index contributed by atoms with van der Waals surface area (Å²) >= 11 is 0. The van der Waals surface area contributed by atoms with Gasteiger partial charge in [0.05, 0.1) is 5.69 Å². The summed E-state index contributed by atoms with van der Waals surface area (Å²) < 4.78 is 6.57. The number of aryl methyl sites for hydroxylation is 2. The molecule has 0 bridgehead atoms. The Balaban J connectivity index is 1.35. The van der Waals surface area contributed by atoms with Crippen molar-refractivity contribution in [2.45, 2.75) is 52.9 Å². The molecule has 0 unspecified atom stereocenters. The van der Waals surface area contributed by atoms with Crippen LogP contribution in [0.4, 0.5) is 11.4 Å². The maximum absolute atomic E-state index is 6.57. The highest BCUT2D eigenvalue weighted by molar-refractivity contribution is 6.10. The van der Waals surface area contributed by atoms with Gasteiger partial charge in [-0.05, 0) is 94.3 Å². The van der Waals surface area contributed by atoms with Gasteiger partial charge < -0.3 is 9.32 Å². The van der Waals surface area contributed by atoms with Crippen molar-refractivity contribution < 1.29 is 4.42 Å². The molecule has 1 aliphatic rings. The van der Waals surface area contributed by atoms with Gasteiger partial charge in [0.2, 0.25) is 0 Å². The summed E-state index contributed by atoms with van der Waals surface area (Å²) in [6, 6.07) is 34.9. The highest BCUT2D eigenvalue weighted by Crippen LogP contribution is 2.52. The lowest BCUT2D eigenvalue weighted by molar-refractivity contribution is 0.655. The van der Waals surface area contributed by atoms with Gasteiger partial charge in [0.25, 0.3) is 0 Å². The minimum atomic E-state index is -0.251. The standard InChI is InChI=1S/C46H43NO/c1-8-14-34(24-20-31(5)43-36(10-3)39-28-23-33-29-30(4)19-27-37(33)44(39)46(43,6)7)47(35-25-21-32(9-2)22-26-35)41-17-13-16-40-38-15-11-12-18-42(38)48-45(40)41/h10-29H,3,5,8-9H2,1-2,4,6-7H3/b24-20-,34-14+. The van der Waals surface area contributed by atoms with Crippen LogP contribution in [0.1, 0.15) is 56.4 Å². The van der Waals surface area contributed by atoms with E-state index in [0.717, 1.165) is 63.0 Å². The molecule has 5 aromatic carbocycles. The minimum Gasteiger partial charge on any atom is -0.454 e. The zero-order valence-corrected chi connectivity index (χ0v) is 28.7. The zero-order chi connectivity index (χ0) is 33.6. The van der Waals surface area contributed by atoms with Gasteiger partial charge in [-0.1, -0.05) is 137 Å². The maximum atomic E-state index is 6.57. The molecule has 0 fully saturated rings. The number of hydrogen-bond acceptors (Lipinski definition) is 2. The van der Waals surface area contributed by atoms with Gasteiger partial charge in [-0.25, -0.2) is 0 Å². The molecule has 0 saturated carbocycles. The maximum Gasteiger partial charge on any atom is 0.159 e. The summed E-state index contributed by atoms with van der Waals surface area (Å²) in [5.74, 6) is 0. The molecule has 48 heavy (non-hydrogen) atoms. The molecule has 2 nitrogen and oxygen atoms in total. The fraction of sp³-hybridized carbons (Fsp3) is 0.174. The average molecular weight is 626 g/mol. The molecule has 1 aromatic heterocycles. The molecule has 0 atom stereocenters. The number of para-hydroxylation sites is 2. The number of anilines is 2. The smallest absolute Gasteiger partial charge is 0.159 e. The van der Waals surface area contributed by atoms with Gasteiger partial charge in [0.15, 0.2) is 5.58 Å². The molecule has 0 radical (unpaired) electrons. The van der Waals surface area contributed by atoms with Gasteiger partial charge in [-0.2, -0.15) is 0 Å². The highest BCUT2D eigenvalue weighted by Gasteiger charge is 2.38. The second-order valence-electron chi connectivity index (χ2n) is 13.3. The Labute approximate surface area is 284 Å². The molecule has 1 heterocycles. The lowest BCUT2D eigenvalue weighted by Gasteiger charge is -2.28. The monoisotopic (exact) mass is 625 g/mol. The van der Waals surface area contributed by atoms with Crippen molar-refractivity contribution in [3.63, 3.8) is 0 Å². The average Bonchev–Trinajstić information content (AvgIpc) is 3.59. The van der Waals surface area contributed by atoms with E-state index < -0.39 is 0 Å². The Morgan fingerprint density at radius 1 is 0.833 bits per heavy atom. The van der Waals surface area contributed by atoms with E-state index in [1.807, 2.05) is 18.2 Å². The summed E-state index contributed by atoms with van der Waals surface area (Å²) in [6.45, 7) is 20.1. The number of fused-ring (bicyclic) bond motifs is 6. The summed E-state index contributed by atoms with van der Waals surface area (Å²) in [4.78, 5) is 2.32. The third kappa shape index (κ3) is 5.13. The molecule has 238 valence electrons. The molecule has 2 heteroatoms. The molecule has 7 rings (SSSR count). The number of nitrogens with zero attached hydrogens (tertiary/aromatic N) is 1. The lowest BCUT2D eigenvalue weighted by atomic mass is 9.76. The van der Waals surface area contributed by atoms with E-state index in [0.29, 0.717) is 0 Å². The fourth-order valence-electron chi connectivity index (χ4n) is 7.66. The first-order valence-corrected chi connectivity index (χ1v) is 17.0. The summed E-state index contributed by atoms with van der Waals surface area (Å²) in [6.07, 6.45) is 10.6. The topological polar surface area (TPSA) is 16.4 Å². The van der Waals surface area contributed by atoms with Crippen LogP contribution < -0.4 is 4.90 Å². The number of allylic oxidation sites excluding steroid dienone is 7. The molecule has 0 amide bonds. The molecule has 0 N–H and O–H groups in total. The van der Waals surface area contributed by atoms with Crippen molar-refractivity contribution in [1.82, 2.24) is 0 Å². The van der Waals surface area contributed by atoms with Gasteiger partial charge in [0, 0.05) is 27.6 Å². The predicted molar refractivity (Wildman–Crippen MR) is 207 cm³/mol. The van der Waals surface area contributed by atoms with Gasteiger partial charge in [-0.15, -0.1) is 0 Å². The fourth-order valence-corrected chi connectivity index (χ4v) is 7.66. The van der Waals surface area contributed by atoms with Crippen LogP contribution in [-0.4, -0.2) is 0 Å². The second kappa shape index (κ2) is 12.4. The number of furan rings is 1. The van der Waals surface area contributed by atoms with E-state index in [1.54, 1.807) is 0 Å². The largest absolute Gasteiger partial charge is 0.454 e. The van der Waals surface area contributed by atoms with Crippen molar-refractivity contribution in [1.29, 1.82) is 0 Å². The zero-order valence-electron chi connectivity index (χ0n) is 28.7. The van der Waals surface area contributed by atoms with Crippen molar-refractivity contribution in [2.24, 2.45) is 0 Å². The van der Waals surface area contributed by atoms with Crippen LogP contribution in [0.2, 0.25) is 0 Å². The van der Waals surface area contributed by atoms with Crippen LogP contribution in [0.5, 0.6) is 0 Å². The Hall–Kier alpha value is -5.34. The van der Waals surface area contributed by atoms with E-state index in [-0.39, 0.29) is 5.41 Å². The van der Waals surface area contributed by atoms with Crippen molar-refractivity contribution in [2.75, 3.05) is 4.90 Å². The Bertz CT molecular complexity index is 2320. The van der Waals surface area contributed by atoms with Gasteiger partial charge in [-0.3, -0.25) is 0 Å². The second-order valence-corrected chi connectivity index (χ2v) is 13.3. The van der Waals surface area contributed by atoms with Gasteiger partial charge in [0.1, 0.15) is 5.58 Å². The predicted octanol–water partition coefficient (Wildman–Crippen LogP) is 13.1. The number of hydrogen-bond donors (Lipinski definition) is 0. The lowest BCUT2D eigenvalue weighted by Crippen LogP contribution is -2.19. The molecule has 0 saturated heterocycles. The highest BCUT2D eigenvalue weighted by atomic mass is 16.3. The van der Waals surface area contributed by atoms with Crippen LogP contribution >= 0.6 is 0 Å². The summed E-state index contributed by atoms with van der Waals surface area (Å²) in [7, 11) is 0. The Morgan fingerprint density at radius 2 is 1.60 bits per heavy atom. The molecule has 0 aliphatic heterocycles. The normalized spacial score (nSPS) is 14.4. The summed E-state index contributed by atoms with van der Waals surface area (Å²) in [5.41, 5.74) is 13.2. The Morgan fingerprint density at radius 3 is 2.35 bits per heavy atom. The first-order chi connectivity index (χ1) is 23.3. The third-order valence-corrected chi connectivity index (χ3v) is 9.86. The van der Waals surface area contributed by atoms with Crippen LogP contribution in [0.15, 0.2) is 156 Å². The summed E-state index contributed by atoms with van der Waals surface area (Å²) in [5, 5.41) is 4.79. The number of rotatable bonds is 9. The van der Waals surface area contributed by atoms with E-state index in [9.17, 15) is 0 Å². The molecule has 1 aliphatic carbocycles. The molecular weight excluding hydrogens is 583 g/mol. The van der Waals surface area contributed by atoms with E-state index in [2.05, 4.69) is 156 Å². The van der Waals surface area contributed by atoms with Crippen molar-refractivity contribution >= 4 is 49.7 Å². The van der Waals surface area contributed by atoms with Gasteiger partial charge >= 0.3 is 0 Å². The Kier molecular flexibility index (Phi) is 8.05. The SMILES string of the molecule is C=CC1=C(C(=C)/C=C\C(=C/CC)N(c2ccc(CC)cc2)c2cccc3c2oc2ccccc23)C(C)(C)c2c1ccc1cc(C)ccc21.